The van der Waals surface area contributed by atoms with Crippen molar-refractivity contribution >= 4 is 0 Å². The van der Waals surface area contributed by atoms with Gasteiger partial charge in [0, 0.05) is 19.0 Å². The van der Waals surface area contributed by atoms with E-state index in [4.69, 9.17) is 4.74 Å². The van der Waals surface area contributed by atoms with Crippen LogP contribution in [0.2, 0.25) is 0 Å². The van der Waals surface area contributed by atoms with Gasteiger partial charge in [0.1, 0.15) is 5.75 Å². The molecule has 0 spiro atoms. The quantitative estimate of drug-likeness (QED) is 0.783. The summed E-state index contributed by atoms with van der Waals surface area (Å²) < 4.78 is 5.16. The highest BCUT2D eigenvalue weighted by molar-refractivity contribution is 5.27. The first-order valence-electron chi connectivity index (χ1n) is 7.81. The van der Waals surface area contributed by atoms with Crippen molar-refractivity contribution in [2.24, 2.45) is 5.92 Å². The fourth-order valence-electron chi connectivity index (χ4n) is 2.55. The Hall–Kier alpha value is -1.84. The Morgan fingerprint density at radius 2 is 1.73 bits per heavy atom. The van der Waals surface area contributed by atoms with Crippen LogP contribution in [0.15, 0.2) is 54.6 Å². The van der Waals surface area contributed by atoms with E-state index in [0.717, 1.165) is 30.8 Å². The van der Waals surface area contributed by atoms with Crippen molar-refractivity contribution in [3.8, 4) is 5.75 Å². The molecule has 2 aromatic rings. The smallest absolute Gasteiger partial charge is 0.118 e. The Bertz CT molecular complexity index is 539. The molecular formula is C19H25NO2. The summed E-state index contributed by atoms with van der Waals surface area (Å²) in [6.07, 6.45) is 0.514. The Morgan fingerprint density at radius 3 is 2.32 bits per heavy atom. The first-order valence-corrected chi connectivity index (χ1v) is 7.81. The predicted octanol–water partition coefficient (Wildman–Crippen LogP) is 3.54. The molecule has 0 bridgehead atoms. The van der Waals surface area contributed by atoms with E-state index >= 15 is 0 Å². The molecule has 2 rings (SSSR count). The number of benzene rings is 2. The highest BCUT2D eigenvalue weighted by Gasteiger charge is 2.18. The van der Waals surface area contributed by atoms with E-state index in [1.807, 2.05) is 42.5 Å². The molecule has 0 saturated heterocycles. The molecule has 0 unspecified atom stereocenters. The maximum absolute atomic E-state index is 10.5. The van der Waals surface area contributed by atoms with E-state index in [2.05, 4.69) is 24.4 Å². The first-order chi connectivity index (χ1) is 10.7. The average molecular weight is 299 g/mol. The zero-order valence-electron chi connectivity index (χ0n) is 13.3. The summed E-state index contributed by atoms with van der Waals surface area (Å²) in [6, 6.07) is 17.9. The molecular weight excluding hydrogens is 274 g/mol. The van der Waals surface area contributed by atoms with Gasteiger partial charge in [0.05, 0.1) is 13.2 Å². The second-order valence-corrected chi connectivity index (χ2v) is 5.50. The Morgan fingerprint density at radius 1 is 1.05 bits per heavy atom. The molecule has 2 atom stereocenters. The van der Waals surface area contributed by atoms with E-state index in [1.165, 1.54) is 5.56 Å². The van der Waals surface area contributed by atoms with E-state index in [9.17, 15) is 5.11 Å². The van der Waals surface area contributed by atoms with Crippen LogP contribution >= 0.6 is 0 Å². The van der Waals surface area contributed by atoms with Gasteiger partial charge in [0.2, 0.25) is 0 Å². The summed E-state index contributed by atoms with van der Waals surface area (Å²) in [6.45, 7) is 3.70. The molecule has 0 aliphatic heterocycles. The fourth-order valence-corrected chi connectivity index (χ4v) is 2.55. The van der Waals surface area contributed by atoms with Gasteiger partial charge < -0.3 is 15.2 Å². The minimum atomic E-state index is -0.422. The average Bonchev–Trinajstić information content (AvgIpc) is 2.59. The third kappa shape index (κ3) is 4.58. The number of nitrogens with one attached hydrogen (secondary N) is 1. The van der Waals surface area contributed by atoms with Crippen LogP contribution in [0.3, 0.4) is 0 Å². The van der Waals surface area contributed by atoms with Gasteiger partial charge in [0.25, 0.3) is 0 Å². The van der Waals surface area contributed by atoms with Crippen LogP contribution in [0.25, 0.3) is 0 Å². The molecule has 0 aliphatic carbocycles. The van der Waals surface area contributed by atoms with Crippen molar-refractivity contribution in [3.63, 3.8) is 0 Å². The van der Waals surface area contributed by atoms with Crippen molar-refractivity contribution in [1.82, 2.24) is 5.32 Å². The monoisotopic (exact) mass is 299 g/mol. The lowest BCUT2D eigenvalue weighted by atomic mass is 9.93. The Kier molecular flexibility index (Phi) is 6.44. The minimum absolute atomic E-state index is 0.209. The minimum Gasteiger partial charge on any atom is -0.497 e. The largest absolute Gasteiger partial charge is 0.497 e. The van der Waals surface area contributed by atoms with Gasteiger partial charge in [-0.15, -0.1) is 0 Å². The summed E-state index contributed by atoms with van der Waals surface area (Å²) in [5.41, 5.74) is 2.20. The Labute approximate surface area is 133 Å². The van der Waals surface area contributed by atoms with Crippen LogP contribution < -0.4 is 10.1 Å². The highest BCUT2D eigenvalue weighted by Crippen LogP contribution is 2.24. The van der Waals surface area contributed by atoms with Gasteiger partial charge in [-0.3, -0.25) is 0 Å². The second kappa shape index (κ2) is 8.57. The van der Waals surface area contributed by atoms with E-state index in [0.29, 0.717) is 0 Å². The summed E-state index contributed by atoms with van der Waals surface area (Å²) in [7, 11) is 1.67. The maximum atomic E-state index is 10.5. The summed E-state index contributed by atoms with van der Waals surface area (Å²) in [5.74, 6) is 1.08. The third-order valence-corrected chi connectivity index (χ3v) is 4.01. The molecule has 0 fully saturated rings. The second-order valence-electron chi connectivity index (χ2n) is 5.50. The molecule has 0 radical (unpaired) electrons. The van der Waals surface area contributed by atoms with Crippen molar-refractivity contribution in [3.05, 3.63) is 65.7 Å². The van der Waals surface area contributed by atoms with Gasteiger partial charge in [-0.25, -0.2) is 0 Å². The molecule has 2 N–H and O–H groups in total. The third-order valence-electron chi connectivity index (χ3n) is 4.01. The normalized spacial score (nSPS) is 13.6. The molecule has 0 aromatic heterocycles. The van der Waals surface area contributed by atoms with E-state index < -0.39 is 6.10 Å². The van der Waals surface area contributed by atoms with Crippen molar-refractivity contribution < 1.29 is 9.84 Å². The topological polar surface area (TPSA) is 41.5 Å². The molecule has 0 amide bonds. The van der Waals surface area contributed by atoms with Crippen molar-refractivity contribution in [2.75, 3.05) is 13.7 Å². The zero-order chi connectivity index (χ0) is 15.8. The van der Waals surface area contributed by atoms with Gasteiger partial charge in [0.15, 0.2) is 0 Å². The van der Waals surface area contributed by atoms with Gasteiger partial charge in [-0.2, -0.15) is 0 Å². The number of hydrogen-bond donors (Lipinski definition) is 2. The number of ether oxygens (including phenoxy) is 1. The summed E-state index contributed by atoms with van der Waals surface area (Å²) in [5, 5.41) is 13.9. The van der Waals surface area contributed by atoms with Crippen LogP contribution in [0.4, 0.5) is 0 Å². The summed E-state index contributed by atoms with van der Waals surface area (Å²) in [4.78, 5) is 0. The predicted molar refractivity (Wildman–Crippen MR) is 89.9 cm³/mol. The molecule has 2 aromatic carbocycles. The lowest BCUT2D eigenvalue weighted by Gasteiger charge is -2.22. The lowest BCUT2D eigenvalue weighted by molar-refractivity contribution is 0.104. The van der Waals surface area contributed by atoms with Crippen LogP contribution in [0.1, 0.15) is 30.6 Å². The molecule has 3 heteroatoms. The standard InChI is InChI=1S/C19H25NO2/c1-3-16(19(21)17-7-5-4-6-8-17)14-20-13-15-9-11-18(22-2)12-10-15/h4-12,16,19-21H,3,13-14H2,1-2H3/t16-,19-/m1/s1. The molecule has 118 valence electrons. The fraction of sp³-hybridized carbons (Fsp3) is 0.368. The van der Waals surface area contributed by atoms with Gasteiger partial charge in [-0.1, -0.05) is 49.4 Å². The zero-order valence-corrected chi connectivity index (χ0v) is 13.3. The Balaban J connectivity index is 1.85. The summed E-state index contributed by atoms with van der Waals surface area (Å²) >= 11 is 0. The van der Waals surface area contributed by atoms with Gasteiger partial charge >= 0.3 is 0 Å². The number of aliphatic hydroxyl groups is 1. The van der Waals surface area contributed by atoms with Crippen LogP contribution in [-0.4, -0.2) is 18.8 Å². The molecule has 0 aliphatic rings. The molecule has 3 nitrogen and oxygen atoms in total. The lowest BCUT2D eigenvalue weighted by Crippen LogP contribution is -2.26. The van der Waals surface area contributed by atoms with E-state index in [-0.39, 0.29) is 5.92 Å². The number of hydrogen-bond acceptors (Lipinski definition) is 3. The SMILES string of the molecule is CC[C@H](CNCc1ccc(OC)cc1)[C@@H](O)c1ccccc1. The maximum Gasteiger partial charge on any atom is 0.118 e. The molecule has 22 heavy (non-hydrogen) atoms. The molecule has 0 heterocycles. The van der Waals surface area contributed by atoms with Gasteiger partial charge in [-0.05, 0) is 29.7 Å². The highest BCUT2D eigenvalue weighted by atomic mass is 16.5. The van der Waals surface area contributed by atoms with Crippen molar-refractivity contribution in [2.45, 2.75) is 26.0 Å². The van der Waals surface area contributed by atoms with Crippen LogP contribution in [0.5, 0.6) is 5.75 Å². The van der Waals surface area contributed by atoms with Crippen LogP contribution in [0, 0.1) is 5.92 Å². The van der Waals surface area contributed by atoms with E-state index in [1.54, 1.807) is 7.11 Å². The first kappa shape index (κ1) is 16.5. The molecule has 0 saturated carbocycles. The van der Waals surface area contributed by atoms with Crippen molar-refractivity contribution in [1.29, 1.82) is 0 Å². The number of aliphatic hydroxyl groups excluding tert-OH is 1. The number of rotatable bonds is 8. The van der Waals surface area contributed by atoms with Crippen LogP contribution in [-0.2, 0) is 6.54 Å². The number of methoxy groups -OCH3 is 1.